The van der Waals surface area contributed by atoms with Crippen molar-refractivity contribution in [3.8, 4) is 11.3 Å². The molecular weight excluding hydrogens is 314 g/mol. The van der Waals surface area contributed by atoms with E-state index in [0.717, 1.165) is 61.1 Å². The maximum atomic E-state index is 9.13. The van der Waals surface area contributed by atoms with Crippen molar-refractivity contribution in [2.75, 3.05) is 44.2 Å². The first kappa shape index (κ1) is 16.1. The van der Waals surface area contributed by atoms with Crippen molar-refractivity contribution in [1.29, 1.82) is 0 Å². The lowest BCUT2D eigenvalue weighted by atomic mass is 10.1. The molecule has 1 saturated heterocycles. The second kappa shape index (κ2) is 6.82. The van der Waals surface area contributed by atoms with E-state index in [0.29, 0.717) is 0 Å². The van der Waals surface area contributed by atoms with Gasteiger partial charge in [-0.25, -0.2) is 4.98 Å². The van der Waals surface area contributed by atoms with Crippen molar-refractivity contribution in [1.82, 2.24) is 19.5 Å². The van der Waals surface area contributed by atoms with Crippen LogP contribution < -0.4 is 4.90 Å². The van der Waals surface area contributed by atoms with Crippen molar-refractivity contribution in [3.63, 3.8) is 0 Å². The van der Waals surface area contributed by atoms with Gasteiger partial charge in [-0.05, 0) is 6.92 Å². The maximum Gasteiger partial charge on any atom is 0.158 e. The van der Waals surface area contributed by atoms with E-state index in [1.165, 1.54) is 0 Å². The van der Waals surface area contributed by atoms with Gasteiger partial charge in [0.15, 0.2) is 5.65 Å². The number of fused-ring (bicyclic) bond motifs is 1. The zero-order valence-corrected chi connectivity index (χ0v) is 14.5. The number of piperazine rings is 1. The Bertz CT molecular complexity index is 853. The number of benzene rings is 1. The Balaban J connectivity index is 1.72. The summed E-state index contributed by atoms with van der Waals surface area (Å²) < 4.78 is 1.95. The summed E-state index contributed by atoms with van der Waals surface area (Å²) in [7, 11) is 0. The number of aliphatic hydroxyl groups excluding tert-OH is 1. The minimum absolute atomic E-state index is 0.218. The predicted octanol–water partition coefficient (Wildman–Crippen LogP) is 1.82. The van der Waals surface area contributed by atoms with Crippen LogP contribution in [0.15, 0.2) is 42.5 Å². The fourth-order valence-corrected chi connectivity index (χ4v) is 3.40. The standard InChI is InChI=1S/C19H23N5O/c1-15-13-18-20-17(16-5-3-2-4-6-16)14-19(24(18)21-15)23-9-7-22(8-10-23)11-12-25/h2-6,13-14,25H,7-12H2,1H3. The molecule has 4 rings (SSSR count). The van der Waals surface area contributed by atoms with Gasteiger partial charge in [0, 0.05) is 50.4 Å². The molecule has 2 aromatic heterocycles. The normalized spacial score (nSPS) is 15.8. The average Bonchev–Trinajstić information content (AvgIpc) is 3.03. The van der Waals surface area contributed by atoms with Crippen molar-refractivity contribution in [2.45, 2.75) is 6.92 Å². The quantitative estimate of drug-likeness (QED) is 0.787. The molecule has 1 N–H and O–H groups in total. The molecule has 0 unspecified atom stereocenters. The summed E-state index contributed by atoms with van der Waals surface area (Å²) in [5.41, 5.74) is 3.94. The highest BCUT2D eigenvalue weighted by Gasteiger charge is 2.20. The molecule has 0 radical (unpaired) electrons. The van der Waals surface area contributed by atoms with Gasteiger partial charge in [-0.1, -0.05) is 30.3 Å². The highest BCUT2D eigenvalue weighted by molar-refractivity contribution is 5.67. The van der Waals surface area contributed by atoms with Gasteiger partial charge in [-0.15, -0.1) is 0 Å². The van der Waals surface area contributed by atoms with Gasteiger partial charge in [-0.2, -0.15) is 9.61 Å². The number of aliphatic hydroxyl groups is 1. The van der Waals surface area contributed by atoms with Gasteiger partial charge in [0.2, 0.25) is 0 Å². The van der Waals surface area contributed by atoms with Gasteiger partial charge < -0.3 is 10.0 Å². The molecule has 6 nitrogen and oxygen atoms in total. The van der Waals surface area contributed by atoms with E-state index in [-0.39, 0.29) is 6.61 Å². The molecule has 1 aliphatic rings. The average molecular weight is 337 g/mol. The third kappa shape index (κ3) is 3.23. The molecule has 25 heavy (non-hydrogen) atoms. The van der Waals surface area contributed by atoms with Crippen LogP contribution in [0.1, 0.15) is 5.69 Å². The molecule has 0 atom stereocenters. The second-order valence-corrected chi connectivity index (χ2v) is 6.47. The first-order valence-corrected chi connectivity index (χ1v) is 8.75. The minimum Gasteiger partial charge on any atom is -0.395 e. The van der Waals surface area contributed by atoms with E-state index in [1.807, 2.05) is 35.7 Å². The number of aryl methyl sites for hydroxylation is 1. The highest BCUT2D eigenvalue weighted by Crippen LogP contribution is 2.25. The van der Waals surface area contributed by atoms with Crippen molar-refractivity contribution in [2.24, 2.45) is 0 Å². The van der Waals surface area contributed by atoms with Gasteiger partial charge >= 0.3 is 0 Å². The molecule has 1 aromatic carbocycles. The molecule has 3 aromatic rings. The van der Waals surface area contributed by atoms with Crippen LogP contribution >= 0.6 is 0 Å². The Kier molecular flexibility index (Phi) is 4.38. The molecule has 1 aliphatic heterocycles. The number of β-amino-alcohol motifs (C(OH)–C–C–N with tert-alkyl or cyclic N) is 1. The van der Waals surface area contributed by atoms with Crippen LogP contribution in [0.4, 0.5) is 5.82 Å². The Morgan fingerprint density at radius 2 is 1.80 bits per heavy atom. The van der Waals surface area contributed by atoms with E-state index in [2.05, 4.69) is 33.1 Å². The van der Waals surface area contributed by atoms with E-state index >= 15 is 0 Å². The summed E-state index contributed by atoms with van der Waals surface area (Å²) in [4.78, 5) is 9.45. The first-order chi connectivity index (χ1) is 12.2. The monoisotopic (exact) mass is 337 g/mol. The van der Waals surface area contributed by atoms with E-state index < -0.39 is 0 Å². The van der Waals surface area contributed by atoms with Crippen LogP contribution in [0.3, 0.4) is 0 Å². The number of hydrogen-bond donors (Lipinski definition) is 1. The lowest BCUT2D eigenvalue weighted by Crippen LogP contribution is -2.47. The van der Waals surface area contributed by atoms with Gasteiger partial charge in [0.05, 0.1) is 18.0 Å². The smallest absolute Gasteiger partial charge is 0.158 e. The summed E-state index contributed by atoms with van der Waals surface area (Å²) in [5.74, 6) is 1.08. The van der Waals surface area contributed by atoms with Crippen LogP contribution in [0, 0.1) is 6.92 Å². The highest BCUT2D eigenvalue weighted by atomic mass is 16.3. The third-order valence-electron chi connectivity index (χ3n) is 4.71. The fourth-order valence-electron chi connectivity index (χ4n) is 3.40. The van der Waals surface area contributed by atoms with Crippen LogP contribution in [-0.2, 0) is 0 Å². The number of rotatable bonds is 4. The summed E-state index contributed by atoms with van der Waals surface area (Å²) in [6.07, 6.45) is 0. The summed E-state index contributed by atoms with van der Waals surface area (Å²) in [5, 5.41) is 13.8. The Morgan fingerprint density at radius 1 is 1.04 bits per heavy atom. The summed E-state index contributed by atoms with van der Waals surface area (Å²) in [6.45, 7) is 6.71. The molecule has 0 amide bonds. The Morgan fingerprint density at radius 3 is 2.52 bits per heavy atom. The fraction of sp³-hybridized carbons (Fsp3) is 0.368. The number of anilines is 1. The summed E-state index contributed by atoms with van der Waals surface area (Å²) >= 11 is 0. The number of nitrogens with zero attached hydrogens (tertiary/aromatic N) is 5. The summed E-state index contributed by atoms with van der Waals surface area (Å²) in [6, 6.07) is 14.4. The maximum absolute atomic E-state index is 9.13. The number of hydrogen-bond acceptors (Lipinski definition) is 5. The van der Waals surface area contributed by atoms with E-state index in [9.17, 15) is 0 Å². The second-order valence-electron chi connectivity index (χ2n) is 6.47. The van der Waals surface area contributed by atoms with Crippen LogP contribution in [0.5, 0.6) is 0 Å². The predicted molar refractivity (Wildman–Crippen MR) is 98.9 cm³/mol. The van der Waals surface area contributed by atoms with Crippen LogP contribution in [0.25, 0.3) is 16.9 Å². The van der Waals surface area contributed by atoms with Crippen LogP contribution in [0.2, 0.25) is 0 Å². The number of aromatic nitrogens is 3. The van der Waals surface area contributed by atoms with Gasteiger partial charge in [0.1, 0.15) is 5.82 Å². The van der Waals surface area contributed by atoms with Gasteiger partial charge in [-0.3, -0.25) is 4.90 Å². The topological polar surface area (TPSA) is 56.9 Å². The Hall–Kier alpha value is -2.44. The lowest BCUT2D eigenvalue weighted by molar-refractivity contribution is 0.188. The largest absolute Gasteiger partial charge is 0.395 e. The van der Waals surface area contributed by atoms with E-state index in [1.54, 1.807) is 0 Å². The molecular formula is C19H23N5O. The van der Waals surface area contributed by atoms with Crippen molar-refractivity contribution < 1.29 is 5.11 Å². The zero-order valence-electron chi connectivity index (χ0n) is 14.5. The molecule has 0 aliphatic carbocycles. The molecule has 0 spiro atoms. The first-order valence-electron chi connectivity index (χ1n) is 8.75. The van der Waals surface area contributed by atoms with Gasteiger partial charge in [0.25, 0.3) is 0 Å². The molecule has 130 valence electrons. The lowest BCUT2D eigenvalue weighted by Gasteiger charge is -2.35. The molecule has 1 fully saturated rings. The van der Waals surface area contributed by atoms with Crippen molar-refractivity contribution in [3.05, 3.63) is 48.2 Å². The molecule has 0 saturated carbocycles. The zero-order chi connectivity index (χ0) is 17.2. The molecule has 3 heterocycles. The molecule has 0 bridgehead atoms. The SMILES string of the molecule is Cc1cc2nc(-c3ccccc3)cc(N3CCN(CCO)CC3)n2n1. The minimum atomic E-state index is 0.218. The Labute approximate surface area is 147 Å². The van der Waals surface area contributed by atoms with Crippen LogP contribution in [-0.4, -0.2) is 63.9 Å². The third-order valence-corrected chi connectivity index (χ3v) is 4.71. The van der Waals surface area contributed by atoms with E-state index in [4.69, 9.17) is 10.1 Å². The van der Waals surface area contributed by atoms with Crippen molar-refractivity contribution >= 4 is 11.5 Å². The molecule has 6 heteroatoms.